The van der Waals surface area contributed by atoms with Gasteiger partial charge in [0.05, 0.1) is 10.6 Å². The number of likely N-dealkylation sites (tertiary alicyclic amines) is 1. The van der Waals surface area contributed by atoms with Gasteiger partial charge in [-0.15, -0.1) is 11.8 Å². The molecule has 0 bridgehead atoms. The maximum Gasteiger partial charge on any atom is 0.255 e. The van der Waals surface area contributed by atoms with E-state index in [9.17, 15) is 4.79 Å². The van der Waals surface area contributed by atoms with Crippen molar-refractivity contribution in [3.05, 3.63) is 58.2 Å². The molecule has 0 radical (unpaired) electrons. The van der Waals surface area contributed by atoms with Crippen LogP contribution in [0.3, 0.4) is 0 Å². The number of nitrogens with zero attached hydrogens (tertiary/aromatic N) is 2. The summed E-state index contributed by atoms with van der Waals surface area (Å²) < 4.78 is 1.11. The summed E-state index contributed by atoms with van der Waals surface area (Å²) >= 11 is 5.23. The van der Waals surface area contributed by atoms with Crippen LogP contribution in [0.15, 0.2) is 52.1 Å². The van der Waals surface area contributed by atoms with Gasteiger partial charge in [-0.3, -0.25) is 4.79 Å². The number of amides is 1. The highest BCUT2D eigenvalue weighted by Crippen LogP contribution is 2.25. The fourth-order valence-corrected chi connectivity index (χ4v) is 3.92. The van der Waals surface area contributed by atoms with Crippen molar-refractivity contribution in [3.63, 3.8) is 0 Å². The zero-order valence-electron chi connectivity index (χ0n) is 12.2. The quantitative estimate of drug-likeness (QED) is 0.742. The van der Waals surface area contributed by atoms with Gasteiger partial charge in [0.25, 0.3) is 5.91 Å². The average molecular weight is 377 g/mol. The van der Waals surface area contributed by atoms with Gasteiger partial charge >= 0.3 is 0 Å². The third kappa shape index (κ3) is 3.70. The second-order valence-electron chi connectivity index (χ2n) is 5.26. The predicted molar refractivity (Wildman–Crippen MR) is 93.1 cm³/mol. The molecule has 1 aromatic heterocycles. The van der Waals surface area contributed by atoms with Crippen molar-refractivity contribution in [2.24, 2.45) is 0 Å². The number of pyridine rings is 1. The number of carbonyl (C=O) groups is 1. The molecular weight excluding hydrogens is 360 g/mol. The third-order valence-corrected chi connectivity index (χ3v) is 5.48. The van der Waals surface area contributed by atoms with Crippen LogP contribution in [-0.4, -0.2) is 28.9 Å². The fraction of sp³-hybridized carbons (Fsp3) is 0.294. The van der Waals surface area contributed by atoms with Crippen molar-refractivity contribution in [2.45, 2.75) is 23.6 Å². The highest BCUT2D eigenvalue weighted by Gasteiger charge is 2.19. The first-order chi connectivity index (χ1) is 10.7. The molecule has 2 aromatic rings. The zero-order valence-corrected chi connectivity index (χ0v) is 14.6. The number of halogens is 1. The van der Waals surface area contributed by atoms with E-state index in [2.05, 4.69) is 27.0 Å². The van der Waals surface area contributed by atoms with Crippen LogP contribution >= 0.6 is 27.7 Å². The first kappa shape index (κ1) is 15.6. The van der Waals surface area contributed by atoms with E-state index in [1.807, 2.05) is 35.2 Å². The Morgan fingerprint density at radius 3 is 2.64 bits per heavy atom. The molecule has 0 unspecified atom stereocenters. The van der Waals surface area contributed by atoms with Crippen LogP contribution in [0.1, 0.15) is 28.8 Å². The first-order valence-electron chi connectivity index (χ1n) is 7.35. The molecule has 1 saturated heterocycles. The topological polar surface area (TPSA) is 33.2 Å². The van der Waals surface area contributed by atoms with E-state index in [-0.39, 0.29) is 5.91 Å². The average Bonchev–Trinajstić information content (AvgIpc) is 3.08. The van der Waals surface area contributed by atoms with E-state index in [4.69, 9.17) is 0 Å². The van der Waals surface area contributed by atoms with E-state index < -0.39 is 0 Å². The smallest absolute Gasteiger partial charge is 0.255 e. The molecule has 3 rings (SSSR count). The van der Waals surface area contributed by atoms with Gasteiger partial charge in [0.1, 0.15) is 0 Å². The number of benzene rings is 1. The van der Waals surface area contributed by atoms with Gasteiger partial charge in [0.15, 0.2) is 0 Å². The lowest BCUT2D eigenvalue weighted by Crippen LogP contribution is -2.27. The molecule has 1 aromatic carbocycles. The van der Waals surface area contributed by atoms with Gasteiger partial charge in [-0.1, -0.05) is 34.1 Å². The number of rotatable bonds is 4. The monoisotopic (exact) mass is 376 g/mol. The van der Waals surface area contributed by atoms with Crippen molar-refractivity contribution < 1.29 is 4.79 Å². The molecule has 1 fully saturated rings. The number of hydrogen-bond acceptors (Lipinski definition) is 3. The second kappa shape index (κ2) is 7.29. The Morgan fingerprint density at radius 2 is 1.95 bits per heavy atom. The van der Waals surface area contributed by atoms with Crippen LogP contribution in [0.5, 0.6) is 0 Å². The summed E-state index contributed by atoms with van der Waals surface area (Å²) in [7, 11) is 0. The van der Waals surface area contributed by atoms with Crippen molar-refractivity contribution in [2.75, 3.05) is 13.1 Å². The summed E-state index contributed by atoms with van der Waals surface area (Å²) in [5.41, 5.74) is 1.93. The van der Waals surface area contributed by atoms with Crippen molar-refractivity contribution in [1.82, 2.24) is 9.88 Å². The van der Waals surface area contributed by atoms with E-state index in [1.54, 1.807) is 18.0 Å². The maximum atomic E-state index is 12.3. The van der Waals surface area contributed by atoms with Crippen molar-refractivity contribution in [1.29, 1.82) is 0 Å². The summed E-state index contributed by atoms with van der Waals surface area (Å²) in [6, 6.07) is 12.0. The zero-order chi connectivity index (χ0) is 15.4. The van der Waals surface area contributed by atoms with Crippen LogP contribution in [-0.2, 0) is 5.75 Å². The van der Waals surface area contributed by atoms with E-state index in [0.29, 0.717) is 5.56 Å². The summed E-state index contributed by atoms with van der Waals surface area (Å²) in [6.07, 6.45) is 3.92. The van der Waals surface area contributed by atoms with Crippen molar-refractivity contribution >= 4 is 33.6 Å². The summed E-state index contributed by atoms with van der Waals surface area (Å²) in [4.78, 5) is 18.6. The number of aromatic nitrogens is 1. The lowest BCUT2D eigenvalue weighted by molar-refractivity contribution is 0.0792. The molecule has 3 nitrogen and oxygen atoms in total. The Bertz CT molecular complexity index is 654. The Morgan fingerprint density at radius 1 is 1.18 bits per heavy atom. The normalized spacial score (nSPS) is 14.3. The summed E-state index contributed by atoms with van der Waals surface area (Å²) in [5, 5.41) is 0.939. The molecule has 0 spiro atoms. The minimum Gasteiger partial charge on any atom is -0.339 e. The predicted octanol–water partition coefficient (Wildman–Crippen LogP) is 4.37. The molecule has 114 valence electrons. The Labute approximate surface area is 143 Å². The molecule has 0 aliphatic carbocycles. The van der Waals surface area contributed by atoms with Gasteiger partial charge in [-0.25, -0.2) is 4.98 Å². The lowest BCUT2D eigenvalue weighted by atomic mass is 10.2. The molecular formula is C17H17BrN2OS. The van der Waals surface area contributed by atoms with Gasteiger partial charge < -0.3 is 4.90 Å². The van der Waals surface area contributed by atoms with Gasteiger partial charge in [0, 0.05) is 29.5 Å². The molecule has 1 aliphatic rings. The fourth-order valence-electron chi connectivity index (χ4n) is 2.46. The molecule has 22 heavy (non-hydrogen) atoms. The molecule has 1 aliphatic heterocycles. The molecule has 0 N–H and O–H groups in total. The minimum atomic E-state index is 0.104. The van der Waals surface area contributed by atoms with Crippen LogP contribution in [0.2, 0.25) is 0 Å². The van der Waals surface area contributed by atoms with E-state index >= 15 is 0 Å². The summed E-state index contributed by atoms with van der Waals surface area (Å²) in [6.45, 7) is 1.74. The van der Waals surface area contributed by atoms with Crippen LogP contribution in [0, 0.1) is 0 Å². The van der Waals surface area contributed by atoms with Crippen LogP contribution < -0.4 is 0 Å². The third-order valence-electron chi connectivity index (χ3n) is 3.71. The number of hydrogen-bond donors (Lipinski definition) is 0. The van der Waals surface area contributed by atoms with Gasteiger partial charge in [-0.2, -0.15) is 0 Å². The number of carbonyl (C=O) groups excluding carboxylic acids is 1. The standard InChI is InChI=1S/C17H17BrN2OS/c18-15-6-2-1-5-14(15)12-22-16-8-7-13(11-19-16)17(21)20-9-3-4-10-20/h1-2,5-8,11H,3-4,9-10,12H2. The highest BCUT2D eigenvalue weighted by atomic mass is 79.9. The molecule has 5 heteroatoms. The highest BCUT2D eigenvalue weighted by molar-refractivity contribution is 9.10. The van der Waals surface area contributed by atoms with E-state index in [0.717, 1.165) is 41.2 Å². The number of thioether (sulfide) groups is 1. The van der Waals surface area contributed by atoms with Gasteiger partial charge in [-0.05, 0) is 36.6 Å². The van der Waals surface area contributed by atoms with E-state index in [1.165, 1.54) is 5.56 Å². The first-order valence-corrected chi connectivity index (χ1v) is 9.13. The molecule has 0 atom stereocenters. The maximum absolute atomic E-state index is 12.3. The minimum absolute atomic E-state index is 0.104. The van der Waals surface area contributed by atoms with Crippen molar-refractivity contribution in [3.8, 4) is 0 Å². The Balaban J connectivity index is 1.62. The lowest BCUT2D eigenvalue weighted by Gasteiger charge is -2.14. The van der Waals surface area contributed by atoms with Gasteiger partial charge in [0.2, 0.25) is 0 Å². The largest absolute Gasteiger partial charge is 0.339 e. The molecule has 0 saturated carbocycles. The SMILES string of the molecule is O=C(c1ccc(SCc2ccccc2Br)nc1)N1CCCC1. The summed E-state index contributed by atoms with van der Waals surface area (Å²) in [5.74, 6) is 0.959. The Kier molecular flexibility index (Phi) is 5.16. The van der Waals surface area contributed by atoms with Crippen LogP contribution in [0.25, 0.3) is 0 Å². The second-order valence-corrected chi connectivity index (χ2v) is 7.11. The Hall–Kier alpha value is -1.33. The molecule has 2 heterocycles. The van der Waals surface area contributed by atoms with Crippen LogP contribution in [0.4, 0.5) is 0 Å². The molecule has 1 amide bonds.